The normalized spacial score (nSPS) is 20.8. The molecule has 0 unspecified atom stereocenters. The van der Waals surface area contributed by atoms with Crippen LogP contribution in [0.5, 0.6) is 0 Å². The number of nitrogens with zero attached hydrogens (tertiary/aromatic N) is 1. The van der Waals surface area contributed by atoms with Crippen LogP contribution in [0.2, 0.25) is 0 Å². The Balaban J connectivity index is 0.00000169. The van der Waals surface area contributed by atoms with Gasteiger partial charge in [-0.05, 0) is 36.5 Å². The Kier molecular flexibility index (Phi) is 9.09. The maximum absolute atomic E-state index is 13.5. The summed E-state index contributed by atoms with van der Waals surface area (Å²) in [5.74, 6) is -0.763. The molecular weight excluding hydrogens is 395 g/mol. The third kappa shape index (κ3) is 5.45. The molecule has 9 heteroatoms. The number of hydrogen-bond acceptors (Lipinski definition) is 3. The van der Waals surface area contributed by atoms with E-state index < -0.39 is 17.6 Å². The van der Waals surface area contributed by atoms with E-state index in [1.54, 1.807) is 0 Å². The molecule has 0 amide bonds. The summed E-state index contributed by atoms with van der Waals surface area (Å²) < 4.78 is 59.4. The van der Waals surface area contributed by atoms with Crippen LogP contribution in [0.25, 0.3) is 0 Å². The second-order valence-electron chi connectivity index (χ2n) is 6.41. The Labute approximate surface area is 163 Å². The van der Waals surface area contributed by atoms with E-state index in [9.17, 15) is 17.6 Å². The first kappa shape index (κ1) is 23.4. The Hall–Kier alpha value is -0.600. The number of alkyl halides is 3. The maximum atomic E-state index is 13.5. The number of halogens is 6. The number of ether oxygens (including phenoxy) is 1. The Bertz CT molecular complexity index is 544. The first-order chi connectivity index (χ1) is 11.5. The van der Waals surface area contributed by atoms with Crippen molar-refractivity contribution in [1.82, 2.24) is 10.2 Å². The zero-order valence-electron chi connectivity index (χ0n) is 14.2. The summed E-state index contributed by atoms with van der Waals surface area (Å²) in [6.45, 7) is 4.02. The predicted octanol–water partition coefficient (Wildman–Crippen LogP) is 4.06. The van der Waals surface area contributed by atoms with Crippen molar-refractivity contribution in [3.63, 3.8) is 0 Å². The summed E-state index contributed by atoms with van der Waals surface area (Å²) in [7, 11) is 0. The molecule has 1 aromatic rings. The van der Waals surface area contributed by atoms with Gasteiger partial charge in [-0.2, -0.15) is 13.2 Å². The van der Waals surface area contributed by atoms with E-state index in [2.05, 4.69) is 10.2 Å². The van der Waals surface area contributed by atoms with E-state index >= 15 is 0 Å². The summed E-state index contributed by atoms with van der Waals surface area (Å²) in [4.78, 5) is 2.11. The largest absolute Gasteiger partial charge is 0.416 e. The average Bonchev–Trinajstić information content (AvgIpc) is 2.57. The van der Waals surface area contributed by atoms with Gasteiger partial charge in [0, 0.05) is 45.4 Å². The van der Waals surface area contributed by atoms with Gasteiger partial charge in [0.05, 0.1) is 5.56 Å². The zero-order chi connectivity index (χ0) is 17.2. The SMILES string of the molecule is Cl.Cl.Fc1ccc([C@@H](C2CCOCC2)N2CCNCC2)c(C(F)(F)F)c1. The van der Waals surface area contributed by atoms with Crippen molar-refractivity contribution in [3.8, 4) is 0 Å². The average molecular weight is 419 g/mol. The lowest BCUT2D eigenvalue weighted by Gasteiger charge is -2.42. The lowest BCUT2D eigenvalue weighted by Crippen LogP contribution is -2.48. The molecule has 2 heterocycles. The third-order valence-corrected chi connectivity index (χ3v) is 4.90. The lowest BCUT2D eigenvalue weighted by molar-refractivity contribution is -0.139. The van der Waals surface area contributed by atoms with Gasteiger partial charge in [-0.25, -0.2) is 4.39 Å². The molecule has 0 radical (unpaired) electrons. The fourth-order valence-corrected chi connectivity index (χ4v) is 3.77. The van der Waals surface area contributed by atoms with Gasteiger partial charge in [-0.15, -0.1) is 24.8 Å². The lowest BCUT2D eigenvalue weighted by atomic mass is 9.83. The van der Waals surface area contributed by atoms with Crippen molar-refractivity contribution in [2.24, 2.45) is 5.92 Å². The fraction of sp³-hybridized carbons (Fsp3) is 0.647. The second-order valence-corrected chi connectivity index (χ2v) is 6.41. The molecule has 150 valence electrons. The van der Waals surface area contributed by atoms with Gasteiger partial charge in [0.1, 0.15) is 5.82 Å². The van der Waals surface area contributed by atoms with Crippen molar-refractivity contribution in [2.75, 3.05) is 39.4 Å². The molecule has 2 fully saturated rings. The molecule has 0 aromatic heterocycles. The Morgan fingerprint density at radius 1 is 1.08 bits per heavy atom. The highest BCUT2D eigenvalue weighted by molar-refractivity contribution is 5.85. The van der Waals surface area contributed by atoms with Gasteiger partial charge in [-0.3, -0.25) is 4.90 Å². The van der Waals surface area contributed by atoms with Crippen LogP contribution < -0.4 is 5.32 Å². The number of hydrogen-bond donors (Lipinski definition) is 1. The topological polar surface area (TPSA) is 24.5 Å². The number of rotatable bonds is 3. The molecule has 0 spiro atoms. The molecule has 0 bridgehead atoms. The van der Waals surface area contributed by atoms with Gasteiger partial charge < -0.3 is 10.1 Å². The van der Waals surface area contributed by atoms with Crippen LogP contribution in [0.3, 0.4) is 0 Å². The minimum Gasteiger partial charge on any atom is -0.381 e. The zero-order valence-corrected chi connectivity index (χ0v) is 15.9. The van der Waals surface area contributed by atoms with Gasteiger partial charge >= 0.3 is 6.18 Å². The molecule has 0 saturated carbocycles. The monoisotopic (exact) mass is 418 g/mol. The first-order valence-electron chi connectivity index (χ1n) is 8.36. The molecule has 1 N–H and O–H groups in total. The molecule has 3 rings (SSSR count). The molecule has 2 aliphatic heterocycles. The van der Waals surface area contributed by atoms with Crippen LogP contribution >= 0.6 is 24.8 Å². The Morgan fingerprint density at radius 2 is 1.69 bits per heavy atom. The third-order valence-electron chi connectivity index (χ3n) is 4.90. The highest BCUT2D eigenvalue weighted by Crippen LogP contribution is 2.42. The van der Waals surface area contributed by atoms with E-state index in [4.69, 9.17) is 4.74 Å². The van der Waals surface area contributed by atoms with Crippen LogP contribution in [0, 0.1) is 11.7 Å². The number of piperazine rings is 1. The molecule has 1 aromatic carbocycles. The van der Waals surface area contributed by atoms with E-state index in [0.717, 1.165) is 32.0 Å². The minimum atomic E-state index is -4.56. The first-order valence-corrected chi connectivity index (χ1v) is 8.36. The standard InChI is InChI=1S/C17H22F4N2O.2ClH/c18-13-1-2-14(15(11-13)17(19,20)21)16(12-3-9-24-10-4-12)23-7-5-22-6-8-23;;/h1-2,11-12,16,22H,3-10H2;2*1H/t16-;;/m1../s1. The summed E-state index contributed by atoms with van der Waals surface area (Å²) in [6, 6.07) is 2.73. The van der Waals surface area contributed by atoms with Crippen LogP contribution in [-0.2, 0) is 10.9 Å². The summed E-state index contributed by atoms with van der Waals surface area (Å²) in [6.07, 6.45) is -3.11. The molecule has 2 aliphatic rings. The second kappa shape index (κ2) is 10.1. The van der Waals surface area contributed by atoms with Gasteiger partial charge in [0.2, 0.25) is 0 Å². The smallest absolute Gasteiger partial charge is 0.381 e. The predicted molar refractivity (Wildman–Crippen MR) is 96.6 cm³/mol. The fourth-order valence-electron chi connectivity index (χ4n) is 3.77. The van der Waals surface area contributed by atoms with E-state index in [1.807, 2.05) is 0 Å². The van der Waals surface area contributed by atoms with Crippen molar-refractivity contribution in [1.29, 1.82) is 0 Å². The molecular formula is C17H24Cl2F4N2O. The van der Waals surface area contributed by atoms with E-state index in [0.29, 0.717) is 32.4 Å². The molecule has 26 heavy (non-hydrogen) atoms. The quantitative estimate of drug-likeness (QED) is 0.748. The summed E-state index contributed by atoms with van der Waals surface area (Å²) in [5, 5.41) is 3.23. The summed E-state index contributed by atoms with van der Waals surface area (Å²) >= 11 is 0. The minimum absolute atomic E-state index is 0. The molecule has 0 aliphatic carbocycles. The molecule has 3 nitrogen and oxygen atoms in total. The van der Waals surface area contributed by atoms with Gasteiger partial charge in [0.25, 0.3) is 0 Å². The van der Waals surface area contributed by atoms with Crippen molar-refractivity contribution in [2.45, 2.75) is 25.1 Å². The Morgan fingerprint density at radius 3 is 2.27 bits per heavy atom. The van der Waals surface area contributed by atoms with E-state index in [1.165, 1.54) is 6.07 Å². The van der Waals surface area contributed by atoms with Crippen LogP contribution in [0.15, 0.2) is 18.2 Å². The van der Waals surface area contributed by atoms with Crippen molar-refractivity contribution < 1.29 is 22.3 Å². The van der Waals surface area contributed by atoms with Crippen molar-refractivity contribution >= 4 is 24.8 Å². The number of benzene rings is 1. The highest BCUT2D eigenvalue weighted by atomic mass is 35.5. The van der Waals surface area contributed by atoms with Crippen LogP contribution in [-0.4, -0.2) is 44.3 Å². The van der Waals surface area contributed by atoms with Gasteiger partial charge in [0.15, 0.2) is 0 Å². The highest BCUT2D eigenvalue weighted by Gasteiger charge is 2.40. The van der Waals surface area contributed by atoms with Gasteiger partial charge in [-0.1, -0.05) is 6.07 Å². The number of nitrogens with one attached hydrogen (secondary N) is 1. The van der Waals surface area contributed by atoms with Crippen LogP contribution in [0.1, 0.15) is 30.0 Å². The summed E-state index contributed by atoms with van der Waals surface area (Å²) in [5.41, 5.74) is -0.657. The molecule has 2 saturated heterocycles. The van der Waals surface area contributed by atoms with Crippen LogP contribution in [0.4, 0.5) is 17.6 Å². The van der Waals surface area contributed by atoms with Crippen molar-refractivity contribution in [3.05, 3.63) is 35.1 Å². The maximum Gasteiger partial charge on any atom is 0.416 e. The van der Waals surface area contributed by atoms with E-state index in [-0.39, 0.29) is 42.3 Å². The molecule has 1 atom stereocenters.